The molecular formula is C16H21NO3. The summed E-state index contributed by atoms with van der Waals surface area (Å²) in [6.07, 6.45) is 1.88. The van der Waals surface area contributed by atoms with Crippen molar-refractivity contribution in [1.82, 2.24) is 5.32 Å². The number of carboxylic acids is 1. The number of ether oxygens (including phenoxy) is 1. The zero-order valence-corrected chi connectivity index (χ0v) is 11.5. The second kappa shape index (κ2) is 5.94. The van der Waals surface area contributed by atoms with Crippen LogP contribution in [0.15, 0.2) is 30.3 Å². The van der Waals surface area contributed by atoms with Crippen molar-refractivity contribution < 1.29 is 14.6 Å². The number of aliphatic carboxylic acids is 1. The van der Waals surface area contributed by atoms with Crippen molar-refractivity contribution in [3.8, 4) is 0 Å². The summed E-state index contributed by atoms with van der Waals surface area (Å²) in [5.41, 5.74) is 1.08. The van der Waals surface area contributed by atoms with Gasteiger partial charge in [0, 0.05) is 5.92 Å². The summed E-state index contributed by atoms with van der Waals surface area (Å²) in [5.74, 6) is -0.792. The highest BCUT2D eigenvalue weighted by atomic mass is 16.5. The lowest BCUT2D eigenvalue weighted by Gasteiger charge is -2.30. The molecule has 0 aliphatic carbocycles. The number of hydrogen-bond donors (Lipinski definition) is 2. The van der Waals surface area contributed by atoms with Gasteiger partial charge in [0.2, 0.25) is 0 Å². The van der Waals surface area contributed by atoms with Gasteiger partial charge in [-0.15, -0.1) is 0 Å². The van der Waals surface area contributed by atoms with Crippen LogP contribution in [0.2, 0.25) is 0 Å². The first kappa shape index (κ1) is 13.6. The number of piperidine rings is 1. The van der Waals surface area contributed by atoms with Crippen LogP contribution in [0, 0.1) is 11.8 Å². The van der Waals surface area contributed by atoms with E-state index in [1.807, 2.05) is 30.3 Å². The molecule has 0 spiro atoms. The molecule has 20 heavy (non-hydrogen) atoms. The molecule has 3 atom stereocenters. The SMILES string of the molecule is O=C(O)C1C(c2ccccc2)COC1C1CCNCC1. The lowest BCUT2D eigenvalue weighted by atomic mass is 9.78. The third kappa shape index (κ3) is 2.58. The summed E-state index contributed by atoms with van der Waals surface area (Å²) in [6.45, 7) is 2.45. The van der Waals surface area contributed by atoms with Gasteiger partial charge in [0.25, 0.3) is 0 Å². The Morgan fingerprint density at radius 3 is 2.55 bits per heavy atom. The second-order valence-electron chi connectivity index (χ2n) is 5.77. The molecule has 2 saturated heterocycles. The zero-order valence-electron chi connectivity index (χ0n) is 11.5. The summed E-state index contributed by atoms with van der Waals surface area (Å²) in [6, 6.07) is 9.90. The molecule has 4 nitrogen and oxygen atoms in total. The van der Waals surface area contributed by atoms with Crippen molar-refractivity contribution in [2.24, 2.45) is 11.8 Å². The Kier molecular flexibility index (Phi) is 4.03. The predicted octanol–water partition coefficient (Wildman–Crippen LogP) is 1.87. The number of benzene rings is 1. The summed E-state index contributed by atoms with van der Waals surface area (Å²) < 4.78 is 5.92. The van der Waals surface area contributed by atoms with Crippen LogP contribution >= 0.6 is 0 Å². The highest BCUT2D eigenvalue weighted by Gasteiger charge is 2.46. The van der Waals surface area contributed by atoms with Crippen LogP contribution in [0.4, 0.5) is 0 Å². The number of carboxylic acid groups (broad SMARTS) is 1. The molecule has 108 valence electrons. The summed E-state index contributed by atoms with van der Waals surface area (Å²) >= 11 is 0. The van der Waals surface area contributed by atoms with E-state index in [2.05, 4.69) is 5.32 Å². The molecule has 2 aliphatic heterocycles. The first-order chi connectivity index (χ1) is 9.77. The number of nitrogens with one attached hydrogen (secondary N) is 1. The fourth-order valence-electron chi connectivity index (χ4n) is 3.57. The van der Waals surface area contributed by atoms with Crippen molar-refractivity contribution in [1.29, 1.82) is 0 Å². The van der Waals surface area contributed by atoms with Crippen molar-refractivity contribution in [2.45, 2.75) is 24.9 Å². The Labute approximate surface area is 119 Å². The van der Waals surface area contributed by atoms with Gasteiger partial charge in [0.1, 0.15) is 0 Å². The standard InChI is InChI=1S/C16H21NO3/c18-16(19)14-13(11-4-2-1-3-5-11)10-20-15(14)12-6-8-17-9-7-12/h1-5,12-15,17H,6-10H2,(H,18,19). The van der Waals surface area contributed by atoms with Gasteiger partial charge in [-0.3, -0.25) is 4.79 Å². The smallest absolute Gasteiger partial charge is 0.309 e. The van der Waals surface area contributed by atoms with Crippen molar-refractivity contribution >= 4 is 5.97 Å². The van der Waals surface area contributed by atoms with Gasteiger partial charge in [-0.05, 0) is 37.4 Å². The molecule has 3 unspecified atom stereocenters. The topological polar surface area (TPSA) is 58.6 Å². The maximum atomic E-state index is 11.7. The van der Waals surface area contributed by atoms with Crippen LogP contribution in [-0.4, -0.2) is 36.9 Å². The maximum Gasteiger partial charge on any atom is 0.309 e. The van der Waals surface area contributed by atoms with E-state index < -0.39 is 11.9 Å². The highest BCUT2D eigenvalue weighted by Crippen LogP contribution is 2.40. The Balaban J connectivity index is 1.81. The van der Waals surface area contributed by atoms with E-state index >= 15 is 0 Å². The van der Waals surface area contributed by atoms with Gasteiger partial charge < -0.3 is 15.2 Å². The Hall–Kier alpha value is -1.39. The molecule has 0 amide bonds. The van der Waals surface area contributed by atoms with E-state index in [1.54, 1.807) is 0 Å². The van der Waals surface area contributed by atoms with Crippen LogP contribution in [0.3, 0.4) is 0 Å². The molecule has 1 aromatic carbocycles. The molecule has 2 aliphatic rings. The van der Waals surface area contributed by atoms with Crippen molar-refractivity contribution in [3.63, 3.8) is 0 Å². The molecule has 2 heterocycles. The number of carbonyl (C=O) groups is 1. The van der Waals surface area contributed by atoms with E-state index in [1.165, 1.54) is 0 Å². The quantitative estimate of drug-likeness (QED) is 0.884. The molecule has 2 N–H and O–H groups in total. The lowest BCUT2D eigenvalue weighted by molar-refractivity contribution is -0.145. The van der Waals surface area contributed by atoms with Crippen LogP contribution in [0.1, 0.15) is 24.3 Å². The first-order valence-electron chi connectivity index (χ1n) is 7.37. The third-order valence-corrected chi connectivity index (χ3v) is 4.62. The minimum Gasteiger partial charge on any atom is -0.481 e. The Morgan fingerprint density at radius 1 is 1.20 bits per heavy atom. The molecule has 0 radical (unpaired) electrons. The predicted molar refractivity (Wildman–Crippen MR) is 75.6 cm³/mol. The Morgan fingerprint density at radius 2 is 1.90 bits per heavy atom. The molecule has 4 heteroatoms. The largest absolute Gasteiger partial charge is 0.481 e. The summed E-state index contributed by atoms with van der Waals surface area (Å²) in [5, 5.41) is 13.0. The Bertz CT molecular complexity index is 456. The van der Waals surface area contributed by atoms with E-state index in [-0.39, 0.29) is 12.0 Å². The van der Waals surface area contributed by atoms with Crippen LogP contribution in [-0.2, 0) is 9.53 Å². The number of rotatable bonds is 3. The molecular weight excluding hydrogens is 254 g/mol. The van der Waals surface area contributed by atoms with Gasteiger partial charge in [-0.2, -0.15) is 0 Å². The molecule has 2 fully saturated rings. The second-order valence-corrected chi connectivity index (χ2v) is 5.77. The monoisotopic (exact) mass is 275 g/mol. The van der Waals surface area contributed by atoms with Crippen LogP contribution in [0.25, 0.3) is 0 Å². The van der Waals surface area contributed by atoms with Crippen LogP contribution < -0.4 is 5.32 Å². The first-order valence-corrected chi connectivity index (χ1v) is 7.37. The van der Waals surface area contributed by atoms with Crippen molar-refractivity contribution in [3.05, 3.63) is 35.9 Å². The van der Waals surface area contributed by atoms with Crippen molar-refractivity contribution in [2.75, 3.05) is 19.7 Å². The molecule has 0 aromatic heterocycles. The van der Waals surface area contributed by atoms with Gasteiger partial charge >= 0.3 is 5.97 Å². The zero-order chi connectivity index (χ0) is 13.9. The molecule has 1 aromatic rings. The van der Waals surface area contributed by atoms with E-state index in [9.17, 15) is 9.90 Å². The summed E-state index contributed by atoms with van der Waals surface area (Å²) in [7, 11) is 0. The van der Waals surface area contributed by atoms with Gasteiger partial charge in [-0.1, -0.05) is 30.3 Å². The van der Waals surface area contributed by atoms with Gasteiger partial charge in [0.15, 0.2) is 0 Å². The summed E-state index contributed by atoms with van der Waals surface area (Å²) in [4.78, 5) is 11.7. The highest BCUT2D eigenvalue weighted by molar-refractivity contribution is 5.72. The lowest BCUT2D eigenvalue weighted by Crippen LogP contribution is -2.39. The fraction of sp³-hybridized carbons (Fsp3) is 0.562. The number of hydrogen-bond acceptors (Lipinski definition) is 3. The minimum absolute atomic E-state index is 0.0198. The minimum atomic E-state index is -0.722. The average molecular weight is 275 g/mol. The maximum absolute atomic E-state index is 11.7. The van der Waals surface area contributed by atoms with Gasteiger partial charge in [0.05, 0.1) is 18.6 Å². The normalized spacial score (nSPS) is 31.3. The molecule has 0 bridgehead atoms. The van der Waals surface area contributed by atoms with Gasteiger partial charge in [-0.25, -0.2) is 0 Å². The average Bonchev–Trinajstić information content (AvgIpc) is 2.94. The van der Waals surface area contributed by atoms with Crippen LogP contribution in [0.5, 0.6) is 0 Å². The van der Waals surface area contributed by atoms with E-state index in [4.69, 9.17) is 4.74 Å². The molecule has 3 rings (SSSR count). The van der Waals surface area contributed by atoms with E-state index in [0.717, 1.165) is 31.5 Å². The molecule has 0 saturated carbocycles. The van der Waals surface area contributed by atoms with E-state index in [0.29, 0.717) is 12.5 Å². The third-order valence-electron chi connectivity index (χ3n) is 4.62. The fourth-order valence-corrected chi connectivity index (χ4v) is 3.57.